The van der Waals surface area contributed by atoms with Crippen LogP contribution in [0.3, 0.4) is 0 Å². The quantitative estimate of drug-likeness (QED) is 0.714. The van der Waals surface area contributed by atoms with E-state index in [1.165, 1.54) is 23.1 Å². The van der Waals surface area contributed by atoms with Crippen molar-refractivity contribution in [2.75, 3.05) is 22.1 Å². The number of amides is 2. The molecule has 1 atom stereocenters. The van der Waals surface area contributed by atoms with Crippen LogP contribution in [-0.4, -0.2) is 39.3 Å². The lowest BCUT2D eigenvalue weighted by Gasteiger charge is -2.42. The molecule has 144 valence electrons. The van der Waals surface area contributed by atoms with Crippen molar-refractivity contribution in [2.45, 2.75) is 49.2 Å². The summed E-state index contributed by atoms with van der Waals surface area (Å²) >= 11 is 2.79. The first kappa shape index (κ1) is 19.6. The van der Waals surface area contributed by atoms with Crippen LogP contribution in [0.25, 0.3) is 0 Å². The van der Waals surface area contributed by atoms with Gasteiger partial charge in [0.25, 0.3) is 0 Å². The van der Waals surface area contributed by atoms with Crippen molar-refractivity contribution in [3.8, 4) is 0 Å². The fraction of sp³-hybridized carbons (Fsp3) is 0.444. The third kappa shape index (κ3) is 3.93. The summed E-state index contributed by atoms with van der Waals surface area (Å²) in [6, 6.07) is 7.35. The number of hydrogen-bond donors (Lipinski definition) is 2. The Kier molecular flexibility index (Phi) is 5.71. The van der Waals surface area contributed by atoms with Crippen LogP contribution >= 0.6 is 23.1 Å². The summed E-state index contributed by atoms with van der Waals surface area (Å²) in [6.45, 7) is 8.26. The van der Waals surface area contributed by atoms with Crippen molar-refractivity contribution in [1.82, 2.24) is 10.2 Å². The van der Waals surface area contributed by atoms with Crippen LogP contribution in [0.5, 0.6) is 0 Å². The van der Waals surface area contributed by atoms with E-state index in [0.717, 1.165) is 22.4 Å². The van der Waals surface area contributed by atoms with Gasteiger partial charge in [-0.05, 0) is 39.3 Å². The molecule has 1 aliphatic heterocycles. The maximum absolute atomic E-state index is 13.3. The lowest BCUT2D eigenvalue weighted by molar-refractivity contribution is -0.126. The molecule has 0 radical (unpaired) electrons. The minimum atomic E-state index is -0.977. The van der Waals surface area contributed by atoms with Crippen LogP contribution in [0, 0.1) is 0 Å². The highest BCUT2D eigenvalue weighted by molar-refractivity contribution is 8.02. The SMILES string of the molecule is CCCNc1nnc(S[C@H](C)C(=O)N2c3ccccc3NC(=O)C2(C)C)s1. The molecule has 0 saturated carbocycles. The molecular formula is C18H23N5O2S2. The average Bonchev–Trinajstić information content (AvgIpc) is 3.07. The third-order valence-corrected chi connectivity index (χ3v) is 6.34. The largest absolute Gasteiger partial charge is 0.360 e. The first-order chi connectivity index (χ1) is 12.8. The molecule has 0 spiro atoms. The molecule has 0 fully saturated rings. The number of anilines is 3. The lowest BCUT2D eigenvalue weighted by atomic mass is 9.96. The Balaban J connectivity index is 1.81. The molecule has 0 saturated heterocycles. The van der Waals surface area contributed by atoms with Crippen LogP contribution in [0.15, 0.2) is 28.6 Å². The number of carbonyl (C=O) groups excluding carboxylic acids is 2. The van der Waals surface area contributed by atoms with E-state index in [1.54, 1.807) is 24.8 Å². The van der Waals surface area contributed by atoms with Gasteiger partial charge in [0, 0.05) is 6.54 Å². The lowest BCUT2D eigenvalue weighted by Crippen LogP contribution is -2.60. The molecule has 3 rings (SSSR count). The van der Waals surface area contributed by atoms with E-state index < -0.39 is 10.8 Å². The number of thioether (sulfide) groups is 1. The van der Waals surface area contributed by atoms with Crippen molar-refractivity contribution >= 4 is 51.4 Å². The minimum Gasteiger partial charge on any atom is -0.360 e. The first-order valence-electron chi connectivity index (χ1n) is 8.83. The fourth-order valence-electron chi connectivity index (χ4n) is 2.79. The molecule has 2 heterocycles. The van der Waals surface area contributed by atoms with E-state index in [-0.39, 0.29) is 11.8 Å². The number of rotatable bonds is 6. The fourth-order valence-corrected chi connectivity index (χ4v) is 4.75. The Bertz CT molecular complexity index is 852. The number of nitrogens with zero attached hydrogens (tertiary/aromatic N) is 3. The Labute approximate surface area is 166 Å². The third-order valence-electron chi connectivity index (χ3n) is 4.29. The van der Waals surface area contributed by atoms with Crippen molar-refractivity contribution in [2.24, 2.45) is 0 Å². The molecule has 0 aliphatic carbocycles. The Morgan fingerprint density at radius 1 is 1.37 bits per heavy atom. The molecule has 2 amide bonds. The average molecular weight is 406 g/mol. The standard InChI is InChI=1S/C18H23N5O2S2/c1-5-10-19-16-21-22-17(27-16)26-11(2)14(24)23-13-9-7-6-8-12(13)20-15(25)18(23,3)4/h6-9,11H,5,10H2,1-4H3,(H,19,21)(H,20,25)/t11-/m1/s1. The molecule has 27 heavy (non-hydrogen) atoms. The Morgan fingerprint density at radius 2 is 2.11 bits per heavy atom. The van der Waals surface area contributed by atoms with E-state index in [9.17, 15) is 9.59 Å². The van der Waals surface area contributed by atoms with Crippen LogP contribution in [0.4, 0.5) is 16.5 Å². The number of benzene rings is 1. The number of carbonyl (C=O) groups is 2. The summed E-state index contributed by atoms with van der Waals surface area (Å²) in [5.41, 5.74) is 0.381. The zero-order chi connectivity index (χ0) is 19.6. The maximum Gasteiger partial charge on any atom is 0.250 e. The van der Waals surface area contributed by atoms with Gasteiger partial charge in [0.05, 0.1) is 16.6 Å². The van der Waals surface area contributed by atoms with Crippen LogP contribution in [0.1, 0.15) is 34.1 Å². The maximum atomic E-state index is 13.3. The van der Waals surface area contributed by atoms with Gasteiger partial charge in [-0.3, -0.25) is 14.5 Å². The highest BCUT2D eigenvalue weighted by Gasteiger charge is 2.44. The summed E-state index contributed by atoms with van der Waals surface area (Å²) in [5, 5.41) is 14.7. The number of aromatic nitrogens is 2. The number of para-hydroxylation sites is 2. The Morgan fingerprint density at radius 3 is 2.85 bits per heavy atom. The van der Waals surface area contributed by atoms with Gasteiger partial charge in [-0.25, -0.2) is 0 Å². The van der Waals surface area contributed by atoms with E-state index in [1.807, 2.05) is 25.1 Å². The van der Waals surface area contributed by atoms with E-state index in [0.29, 0.717) is 11.4 Å². The number of fused-ring (bicyclic) bond motifs is 1. The summed E-state index contributed by atoms with van der Waals surface area (Å²) in [4.78, 5) is 27.4. The Hall–Kier alpha value is -2.13. The number of nitrogens with one attached hydrogen (secondary N) is 2. The molecule has 2 N–H and O–H groups in total. The van der Waals surface area contributed by atoms with Gasteiger partial charge < -0.3 is 10.6 Å². The van der Waals surface area contributed by atoms with Crippen LogP contribution in [0.2, 0.25) is 0 Å². The van der Waals surface area contributed by atoms with Gasteiger partial charge in [0.1, 0.15) is 5.54 Å². The monoisotopic (exact) mass is 405 g/mol. The minimum absolute atomic E-state index is 0.134. The molecule has 0 unspecified atom stereocenters. The molecule has 1 aromatic carbocycles. The highest BCUT2D eigenvalue weighted by atomic mass is 32.2. The molecule has 1 aromatic heterocycles. The second kappa shape index (κ2) is 7.85. The number of hydrogen-bond acceptors (Lipinski definition) is 7. The highest BCUT2D eigenvalue weighted by Crippen LogP contribution is 2.39. The normalized spacial score (nSPS) is 16.4. The second-order valence-corrected chi connectivity index (χ2v) is 9.33. The van der Waals surface area contributed by atoms with Gasteiger partial charge in [0.15, 0.2) is 4.34 Å². The van der Waals surface area contributed by atoms with E-state index in [2.05, 4.69) is 27.8 Å². The summed E-state index contributed by atoms with van der Waals surface area (Å²) < 4.78 is 0.724. The zero-order valence-corrected chi connectivity index (χ0v) is 17.4. The van der Waals surface area contributed by atoms with Crippen LogP contribution < -0.4 is 15.5 Å². The van der Waals surface area contributed by atoms with Gasteiger partial charge in [-0.15, -0.1) is 10.2 Å². The van der Waals surface area contributed by atoms with Crippen molar-refractivity contribution in [3.63, 3.8) is 0 Å². The van der Waals surface area contributed by atoms with Crippen molar-refractivity contribution in [1.29, 1.82) is 0 Å². The van der Waals surface area contributed by atoms with Crippen molar-refractivity contribution in [3.05, 3.63) is 24.3 Å². The zero-order valence-electron chi connectivity index (χ0n) is 15.8. The molecule has 9 heteroatoms. The second-order valence-electron chi connectivity index (χ2n) is 6.76. The molecule has 1 aliphatic rings. The molecule has 2 aromatic rings. The summed E-state index contributed by atoms with van der Waals surface area (Å²) in [6.07, 6.45) is 1.00. The van der Waals surface area contributed by atoms with Gasteiger partial charge in [0.2, 0.25) is 16.9 Å². The summed E-state index contributed by atoms with van der Waals surface area (Å²) in [5.74, 6) is -0.334. The van der Waals surface area contributed by atoms with E-state index >= 15 is 0 Å². The van der Waals surface area contributed by atoms with Crippen LogP contribution in [-0.2, 0) is 9.59 Å². The van der Waals surface area contributed by atoms with Gasteiger partial charge in [-0.2, -0.15) is 0 Å². The smallest absolute Gasteiger partial charge is 0.250 e. The molecule has 7 nitrogen and oxygen atoms in total. The topological polar surface area (TPSA) is 87.2 Å². The predicted molar refractivity (Wildman–Crippen MR) is 111 cm³/mol. The first-order valence-corrected chi connectivity index (χ1v) is 10.5. The molecule has 0 bridgehead atoms. The van der Waals surface area contributed by atoms with Gasteiger partial charge >= 0.3 is 0 Å². The molecular weight excluding hydrogens is 382 g/mol. The van der Waals surface area contributed by atoms with E-state index in [4.69, 9.17) is 0 Å². The predicted octanol–water partition coefficient (Wildman–Crippen LogP) is 3.60. The summed E-state index contributed by atoms with van der Waals surface area (Å²) in [7, 11) is 0. The van der Waals surface area contributed by atoms with Crippen molar-refractivity contribution < 1.29 is 9.59 Å². The van der Waals surface area contributed by atoms with Gasteiger partial charge in [-0.1, -0.05) is 42.2 Å².